The van der Waals surface area contributed by atoms with Crippen LogP contribution in [0.15, 0.2) is 48.8 Å². The highest BCUT2D eigenvalue weighted by Crippen LogP contribution is 2.40. The lowest BCUT2D eigenvalue weighted by Gasteiger charge is -2.39. The van der Waals surface area contributed by atoms with Crippen LogP contribution in [-0.4, -0.2) is 71.6 Å². The van der Waals surface area contributed by atoms with Crippen molar-refractivity contribution in [2.75, 3.05) is 39.3 Å². The maximum atomic E-state index is 13.4. The zero-order chi connectivity index (χ0) is 25.4. The molecule has 36 heavy (non-hydrogen) atoms. The highest BCUT2D eigenvalue weighted by Gasteiger charge is 2.43. The number of nitrogens with zero attached hydrogens (tertiary/aromatic N) is 3. The molecule has 2 aromatic rings. The molecule has 0 unspecified atom stereocenters. The second-order valence-corrected chi connectivity index (χ2v) is 9.92. The fourth-order valence-electron chi connectivity index (χ4n) is 5.36. The Morgan fingerprint density at radius 3 is 2.33 bits per heavy atom. The molecule has 0 aliphatic carbocycles. The molecule has 194 valence electrons. The van der Waals surface area contributed by atoms with Crippen molar-refractivity contribution in [2.24, 2.45) is 5.41 Å². The molecule has 1 aromatic heterocycles. The Labute approximate surface area is 213 Å². The highest BCUT2D eigenvalue weighted by atomic mass is 16.5. The van der Waals surface area contributed by atoms with Gasteiger partial charge in [0.15, 0.2) is 0 Å². The van der Waals surface area contributed by atoms with Gasteiger partial charge in [0, 0.05) is 51.5 Å². The van der Waals surface area contributed by atoms with Gasteiger partial charge in [-0.05, 0) is 68.7 Å². The molecule has 8 heteroatoms. The van der Waals surface area contributed by atoms with Crippen LogP contribution in [0.4, 0.5) is 4.79 Å². The van der Waals surface area contributed by atoms with E-state index in [1.54, 1.807) is 0 Å². The number of hydrogen-bond donors (Lipinski definition) is 1. The Balaban J connectivity index is 1.21. The van der Waals surface area contributed by atoms with Gasteiger partial charge in [-0.15, -0.1) is 0 Å². The van der Waals surface area contributed by atoms with Crippen LogP contribution in [0.5, 0.6) is 0 Å². The molecule has 2 aliphatic rings. The largest absolute Gasteiger partial charge is 0.466 e. The summed E-state index contributed by atoms with van der Waals surface area (Å²) in [7, 11) is 0. The molecule has 2 saturated heterocycles. The lowest BCUT2D eigenvalue weighted by Crippen LogP contribution is -2.46. The number of aromatic nitrogens is 1. The second kappa shape index (κ2) is 12.1. The number of carbonyl (C=O) groups excluding carboxylic acids is 3. The molecule has 0 saturated carbocycles. The summed E-state index contributed by atoms with van der Waals surface area (Å²) in [5.41, 5.74) is 1.73. The van der Waals surface area contributed by atoms with Crippen LogP contribution in [0.3, 0.4) is 0 Å². The summed E-state index contributed by atoms with van der Waals surface area (Å²) < 4.78 is 6.91. The normalized spacial score (nSPS) is 16.8. The van der Waals surface area contributed by atoms with Crippen LogP contribution in [0.2, 0.25) is 0 Å². The van der Waals surface area contributed by atoms with Crippen molar-refractivity contribution in [3.8, 4) is 5.69 Å². The van der Waals surface area contributed by atoms with Gasteiger partial charge in [-0.3, -0.25) is 9.59 Å². The quantitative estimate of drug-likeness (QED) is 0.418. The number of urea groups is 1. The van der Waals surface area contributed by atoms with Gasteiger partial charge in [0.2, 0.25) is 0 Å². The standard InChI is InChI=1S/C28H38N4O4/c1-2-36-25(33)12-4-3-7-16-29-27(35)32-21-15-28(22-32)13-19-31(20-14-28)26(34)23-10-5-6-11-24(23)30-17-8-9-18-30/h5-6,8-11,17-18H,2-4,7,12-16,19-22H2,1H3,(H,29,35). The first kappa shape index (κ1) is 25.8. The van der Waals surface area contributed by atoms with Crippen LogP contribution in [0.1, 0.15) is 62.2 Å². The minimum Gasteiger partial charge on any atom is -0.466 e. The van der Waals surface area contributed by atoms with E-state index in [1.165, 1.54) is 0 Å². The van der Waals surface area contributed by atoms with Crippen LogP contribution in [0, 0.1) is 5.41 Å². The molecule has 3 amide bonds. The molecule has 0 radical (unpaired) electrons. The smallest absolute Gasteiger partial charge is 0.317 e. The molecule has 1 aromatic carbocycles. The monoisotopic (exact) mass is 494 g/mol. The average molecular weight is 495 g/mol. The molecule has 2 aliphatic heterocycles. The summed E-state index contributed by atoms with van der Waals surface area (Å²) in [6.45, 7) is 5.80. The van der Waals surface area contributed by atoms with Crippen molar-refractivity contribution in [1.82, 2.24) is 19.7 Å². The number of likely N-dealkylation sites (tertiary alicyclic amines) is 2. The van der Waals surface area contributed by atoms with Gasteiger partial charge in [0.1, 0.15) is 0 Å². The van der Waals surface area contributed by atoms with Gasteiger partial charge in [-0.1, -0.05) is 18.6 Å². The molecule has 2 fully saturated rings. The fraction of sp³-hybridized carbons (Fsp3) is 0.536. The van der Waals surface area contributed by atoms with E-state index in [1.807, 2.05) is 70.1 Å². The lowest BCUT2D eigenvalue weighted by atomic mass is 9.77. The van der Waals surface area contributed by atoms with Crippen LogP contribution < -0.4 is 5.32 Å². The predicted molar refractivity (Wildman–Crippen MR) is 138 cm³/mol. The molecule has 0 bridgehead atoms. The Morgan fingerprint density at radius 1 is 0.917 bits per heavy atom. The van der Waals surface area contributed by atoms with Crippen molar-refractivity contribution in [3.63, 3.8) is 0 Å². The summed E-state index contributed by atoms with van der Waals surface area (Å²) in [6, 6.07) is 11.7. The van der Waals surface area contributed by atoms with Crippen LogP contribution in [-0.2, 0) is 9.53 Å². The molecule has 4 rings (SSSR count). The Kier molecular flexibility index (Phi) is 8.67. The molecular weight excluding hydrogens is 456 g/mol. The molecule has 8 nitrogen and oxygen atoms in total. The molecule has 3 heterocycles. The number of nitrogens with one attached hydrogen (secondary N) is 1. The average Bonchev–Trinajstić information content (AvgIpc) is 3.57. The topological polar surface area (TPSA) is 83.9 Å². The maximum Gasteiger partial charge on any atom is 0.317 e. The van der Waals surface area contributed by atoms with E-state index in [0.29, 0.717) is 19.6 Å². The summed E-state index contributed by atoms with van der Waals surface area (Å²) in [5, 5.41) is 3.03. The number of piperidine rings is 1. The van der Waals surface area contributed by atoms with E-state index in [-0.39, 0.29) is 23.3 Å². The van der Waals surface area contributed by atoms with Gasteiger partial charge in [0.25, 0.3) is 5.91 Å². The minimum atomic E-state index is -0.151. The number of unbranched alkanes of at least 4 members (excludes halogenated alkanes) is 2. The van der Waals surface area contributed by atoms with E-state index >= 15 is 0 Å². The first-order chi connectivity index (χ1) is 17.5. The minimum absolute atomic E-state index is 0.00331. The number of benzene rings is 1. The van der Waals surface area contributed by atoms with Crippen molar-refractivity contribution in [2.45, 2.75) is 51.9 Å². The number of rotatable bonds is 9. The van der Waals surface area contributed by atoms with Gasteiger partial charge < -0.3 is 24.4 Å². The number of carbonyl (C=O) groups is 3. The third-order valence-corrected chi connectivity index (χ3v) is 7.49. The summed E-state index contributed by atoms with van der Waals surface area (Å²) >= 11 is 0. The predicted octanol–water partition coefficient (Wildman–Crippen LogP) is 4.24. The zero-order valence-electron chi connectivity index (χ0n) is 21.3. The van der Waals surface area contributed by atoms with Gasteiger partial charge >= 0.3 is 12.0 Å². The van der Waals surface area contributed by atoms with Crippen LogP contribution >= 0.6 is 0 Å². The van der Waals surface area contributed by atoms with Crippen molar-refractivity contribution in [3.05, 3.63) is 54.4 Å². The Hall–Kier alpha value is -3.29. The van der Waals surface area contributed by atoms with Gasteiger partial charge in [-0.2, -0.15) is 0 Å². The first-order valence-electron chi connectivity index (χ1n) is 13.2. The summed E-state index contributed by atoms with van der Waals surface area (Å²) in [6.07, 6.45) is 9.70. The molecule has 1 N–H and O–H groups in total. The SMILES string of the molecule is CCOC(=O)CCCCCNC(=O)N1CCC2(CCN(C(=O)c3ccccc3-n3cccc3)CC2)C1. The van der Waals surface area contributed by atoms with Crippen LogP contribution in [0.25, 0.3) is 5.69 Å². The van der Waals surface area contributed by atoms with Crippen molar-refractivity contribution < 1.29 is 19.1 Å². The fourth-order valence-corrected chi connectivity index (χ4v) is 5.36. The summed E-state index contributed by atoms with van der Waals surface area (Å²) in [4.78, 5) is 41.3. The number of hydrogen-bond acceptors (Lipinski definition) is 4. The van der Waals surface area contributed by atoms with E-state index in [0.717, 1.165) is 76.0 Å². The van der Waals surface area contributed by atoms with E-state index < -0.39 is 0 Å². The number of amides is 3. The van der Waals surface area contributed by atoms with Gasteiger partial charge in [0.05, 0.1) is 17.9 Å². The van der Waals surface area contributed by atoms with Crippen molar-refractivity contribution in [1.29, 1.82) is 0 Å². The van der Waals surface area contributed by atoms with E-state index in [9.17, 15) is 14.4 Å². The lowest BCUT2D eigenvalue weighted by molar-refractivity contribution is -0.143. The second-order valence-electron chi connectivity index (χ2n) is 9.92. The molecule has 0 atom stereocenters. The third kappa shape index (κ3) is 6.28. The van der Waals surface area contributed by atoms with E-state index in [4.69, 9.17) is 4.74 Å². The zero-order valence-corrected chi connectivity index (χ0v) is 21.3. The maximum absolute atomic E-state index is 13.4. The Morgan fingerprint density at radius 2 is 1.61 bits per heavy atom. The number of ether oxygens (including phenoxy) is 1. The molecule has 1 spiro atoms. The number of para-hydroxylation sites is 1. The number of esters is 1. The molecular formula is C28H38N4O4. The summed E-state index contributed by atoms with van der Waals surface area (Å²) in [5.74, 6) is -0.0774. The first-order valence-corrected chi connectivity index (χ1v) is 13.2. The van der Waals surface area contributed by atoms with Crippen molar-refractivity contribution >= 4 is 17.9 Å². The van der Waals surface area contributed by atoms with Gasteiger partial charge in [-0.25, -0.2) is 4.79 Å². The third-order valence-electron chi connectivity index (χ3n) is 7.49. The Bertz CT molecular complexity index is 1030. The van der Waals surface area contributed by atoms with E-state index in [2.05, 4.69) is 5.32 Å². The highest BCUT2D eigenvalue weighted by molar-refractivity contribution is 5.97.